The molecule has 0 fully saturated rings. The van der Waals surface area contributed by atoms with Crippen LogP contribution in [0.2, 0.25) is 0 Å². The standard InChI is InChI=1S/C21H20N6O5S2/c1-2-27-16-6-4-3-5-15(16)19-20(27)24-21(26-25-19)33-12-18(29)32-11-17(28)23-13-7-9-14(10-8-13)34(22,30)31/h3-10H,2,11-12H2,1H3,(H,23,28)(H2,22,30,31). The minimum atomic E-state index is -3.82. The molecule has 2 aromatic heterocycles. The maximum absolute atomic E-state index is 12.1. The Hall–Kier alpha value is -3.55. The average molecular weight is 501 g/mol. The normalized spacial score (nSPS) is 11.6. The third-order valence-corrected chi connectivity index (χ3v) is 6.56. The second-order valence-corrected chi connectivity index (χ2v) is 9.60. The number of sulfonamides is 1. The van der Waals surface area contributed by atoms with Gasteiger partial charge in [0.25, 0.3) is 5.91 Å². The van der Waals surface area contributed by atoms with Gasteiger partial charge in [-0.15, -0.1) is 10.2 Å². The van der Waals surface area contributed by atoms with Crippen LogP contribution in [0.5, 0.6) is 0 Å². The lowest BCUT2D eigenvalue weighted by Gasteiger charge is -2.07. The molecule has 0 saturated heterocycles. The lowest BCUT2D eigenvalue weighted by atomic mass is 10.2. The first-order valence-electron chi connectivity index (χ1n) is 10.1. The Labute approximate surface area is 198 Å². The molecular weight excluding hydrogens is 480 g/mol. The van der Waals surface area contributed by atoms with Crippen LogP contribution in [0.1, 0.15) is 6.92 Å². The van der Waals surface area contributed by atoms with Crippen molar-refractivity contribution in [2.45, 2.75) is 23.5 Å². The van der Waals surface area contributed by atoms with Gasteiger partial charge in [-0.1, -0.05) is 30.0 Å². The van der Waals surface area contributed by atoms with Crippen molar-refractivity contribution in [1.29, 1.82) is 0 Å². The summed E-state index contributed by atoms with van der Waals surface area (Å²) in [5.74, 6) is -1.30. The van der Waals surface area contributed by atoms with Crippen LogP contribution in [-0.2, 0) is 30.9 Å². The SMILES string of the molecule is CCn1c2ccccc2c2nnc(SCC(=O)OCC(=O)Nc3ccc(S(N)(=O)=O)cc3)nc21. The van der Waals surface area contributed by atoms with Crippen LogP contribution in [0.25, 0.3) is 22.1 Å². The van der Waals surface area contributed by atoms with Crippen molar-refractivity contribution in [2.75, 3.05) is 17.7 Å². The highest BCUT2D eigenvalue weighted by Crippen LogP contribution is 2.27. The van der Waals surface area contributed by atoms with Gasteiger partial charge in [-0.05, 0) is 37.3 Å². The van der Waals surface area contributed by atoms with Gasteiger partial charge >= 0.3 is 5.97 Å². The van der Waals surface area contributed by atoms with Gasteiger partial charge in [0.2, 0.25) is 15.2 Å². The number of hydrogen-bond acceptors (Lipinski definition) is 9. The molecule has 0 aliphatic carbocycles. The topological polar surface area (TPSA) is 159 Å². The summed E-state index contributed by atoms with van der Waals surface area (Å²) >= 11 is 1.06. The number of nitrogens with two attached hydrogens (primary N) is 1. The van der Waals surface area contributed by atoms with Crippen LogP contribution in [0, 0.1) is 0 Å². The van der Waals surface area contributed by atoms with E-state index >= 15 is 0 Å². The summed E-state index contributed by atoms with van der Waals surface area (Å²) in [6, 6.07) is 13.1. The minimum absolute atomic E-state index is 0.0804. The van der Waals surface area contributed by atoms with Crippen LogP contribution in [-0.4, -0.2) is 52.4 Å². The molecule has 4 rings (SSSR count). The van der Waals surface area contributed by atoms with Gasteiger partial charge in [-0.3, -0.25) is 9.59 Å². The molecule has 176 valence electrons. The number of aromatic nitrogens is 4. The molecule has 2 heterocycles. The molecule has 0 radical (unpaired) electrons. The second kappa shape index (κ2) is 9.75. The fourth-order valence-electron chi connectivity index (χ4n) is 3.31. The molecule has 0 aliphatic rings. The highest BCUT2D eigenvalue weighted by Gasteiger charge is 2.15. The van der Waals surface area contributed by atoms with E-state index < -0.39 is 28.5 Å². The highest BCUT2D eigenvalue weighted by atomic mass is 32.2. The Morgan fingerprint density at radius 2 is 1.85 bits per heavy atom. The quantitative estimate of drug-likeness (QED) is 0.272. The summed E-state index contributed by atoms with van der Waals surface area (Å²) in [5, 5.41) is 17.2. The third kappa shape index (κ3) is 5.16. The smallest absolute Gasteiger partial charge is 0.316 e. The van der Waals surface area contributed by atoms with Crippen molar-refractivity contribution in [1.82, 2.24) is 19.7 Å². The van der Waals surface area contributed by atoms with Crippen LogP contribution < -0.4 is 10.5 Å². The molecule has 11 nitrogen and oxygen atoms in total. The van der Waals surface area contributed by atoms with Crippen LogP contribution in [0.4, 0.5) is 5.69 Å². The third-order valence-electron chi connectivity index (χ3n) is 4.82. The van der Waals surface area contributed by atoms with E-state index in [1.807, 2.05) is 35.8 Å². The predicted molar refractivity (Wildman–Crippen MR) is 127 cm³/mol. The summed E-state index contributed by atoms with van der Waals surface area (Å²) in [6.45, 7) is 2.21. The van der Waals surface area contributed by atoms with Crippen molar-refractivity contribution in [3.8, 4) is 0 Å². The number of nitrogens with one attached hydrogen (secondary N) is 1. The number of nitrogens with zero attached hydrogens (tertiary/aromatic N) is 4. The molecule has 0 atom stereocenters. The molecule has 0 spiro atoms. The Morgan fingerprint density at radius 3 is 2.56 bits per heavy atom. The Morgan fingerprint density at radius 1 is 1.12 bits per heavy atom. The van der Waals surface area contributed by atoms with Gasteiger partial charge < -0.3 is 14.6 Å². The maximum atomic E-state index is 12.1. The Balaban J connectivity index is 1.32. The van der Waals surface area contributed by atoms with Gasteiger partial charge in [-0.25, -0.2) is 18.5 Å². The van der Waals surface area contributed by atoms with Gasteiger partial charge in [0.1, 0.15) is 5.52 Å². The number of amides is 1. The first kappa shape index (κ1) is 23.6. The lowest BCUT2D eigenvalue weighted by Crippen LogP contribution is -2.21. The predicted octanol–water partition coefficient (Wildman–Crippen LogP) is 1.92. The maximum Gasteiger partial charge on any atom is 0.316 e. The number of fused-ring (bicyclic) bond motifs is 3. The van der Waals surface area contributed by atoms with E-state index in [0.717, 1.165) is 22.7 Å². The monoisotopic (exact) mass is 500 g/mol. The highest BCUT2D eigenvalue weighted by molar-refractivity contribution is 7.99. The van der Waals surface area contributed by atoms with Crippen LogP contribution >= 0.6 is 11.8 Å². The molecule has 13 heteroatoms. The summed E-state index contributed by atoms with van der Waals surface area (Å²) in [5.41, 5.74) is 2.72. The molecule has 0 saturated carbocycles. The van der Waals surface area contributed by atoms with E-state index in [2.05, 4.69) is 20.5 Å². The molecule has 2 aromatic carbocycles. The van der Waals surface area contributed by atoms with E-state index in [9.17, 15) is 18.0 Å². The minimum Gasteiger partial charge on any atom is -0.455 e. The zero-order valence-electron chi connectivity index (χ0n) is 18.0. The fraction of sp³-hybridized carbons (Fsp3) is 0.190. The van der Waals surface area contributed by atoms with E-state index in [4.69, 9.17) is 9.88 Å². The zero-order chi connectivity index (χ0) is 24.3. The van der Waals surface area contributed by atoms with Gasteiger partial charge in [0.05, 0.1) is 16.2 Å². The number of rotatable bonds is 8. The molecule has 4 aromatic rings. The van der Waals surface area contributed by atoms with E-state index in [1.54, 1.807) is 0 Å². The summed E-state index contributed by atoms with van der Waals surface area (Å²) in [4.78, 5) is 28.5. The Bertz CT molecular complexity index is 1490. The molecular formula is C21H20N6O5S2. The van der Waals surface area contributed by atoms with E-state index in [0.29, 0.717) is 28.6 Å². The number of para-hydroxylation sites is 1. The first-order valence-corrected chi connectivity index (χ1v) is 12.6. The number of carbonyl (C=O) groups is 2. The van der Waals surface area contributed by atoms with Crippen molar-refractivity contribution in [3.05, 3.63) is 48.5 Å². The van der Waals surface area contributed by atoms with Crippen molar-refractivity contribution >= 4 is 61.4 Å². The second-order valence-electron chi connectivity index (χ2n) is 7.09. The number of primary sulfonamides is 1. The van der Waals surface area contributed by atoms with E-state index in [1.165, 1.54) is 24.3 Å². The summed E-state index contributed by atoms with van der Waals surface area (Å²) in [6.07, 6.45) is 0. The number of hydrogen-bond donors (Lipinski definition) is 2. The number of thioether (sulfide) groups is 1. The van der Waals surface area contributed by atoms with Crippen molar-refractivity contribution < 1.29 is 22.7 Å². The largest absolute Gasteiger partial charge is 0.455 e. The number of aryl methyl sites for hydroxylation is 1. The molecule has 0 unspecified atom stereocenters. The van der Waals surface area contributed by atoms with Gasteiger partial charge in [0.15, 0.2) is 12.3 Å². The number of esters is 1. The van der Waals surface area contributed by atoms with Crippen molar-refractivity contribution in [2.24, 2.45) is 5.14 Å². The molecule has 0 bridgehead atoms. The molecule has 1 amide bonds. The fourth-order valence-corrected chi connectivity index (χ4v) is 4.40. The number of carbonyl (C=O) groups excluding carboxylic acids is 2. The van der Waals surface area contributed by atoms with Gasteiger partial charge in [-0.2, -0.15) is 0 Å². The van der Waals surface area contributed by atoms with Crippen molar-refractivity contribution in [3.63, 3.8) is 0 Å². The molecule has 34 heavy (non-hydrogen) atoms. The average Bonchev–Trinajstić information content (AvgIpc) is 3.14. The number of ether oxygens (including phenoxy) is 1. The summed E-state index contributed by atoms with van der Waals surface area (Å²) < 4.78 is 29.5. The molecule has 3 N–H and O–H groups in total. The summed E-state index contributed by atoms with van der Waals surface area (Å²) in [7, 11) is -3.82. The van der Waals surface area contributed by atoms with Crippen LogP contribution in [0.3, 0.4) is 0 Å². The number of benzene rings is 2. The van der Waals surface area contributed by atoms with Crippen LogP contribution in [0.15, 0.2) is 58.6 Å². The van der Waals surface area contributed by atoms with E-state index in [-0.39, 0.29) is 10.6 Å². The lowest BCUT2D eigenvalue weighted by molar-refractivity contribution is -0.144. The number of anilines is 1. The zero-order valence-corrected chi connectivity index (χ0v) is 19.6. The Kier molecular flexibility index (Phi) is 6.77. The molecule has 0 aliphatic heterocycles. The first-order chi connectivity index (χ1) is 16.3. The van der Waals surface area contributed by atoms with Gasteiger partial charge in [0, 0.05) is 17.6 Å².